The van der Waals surface area contributed by atoms with E-state index in [1.807, 2.05) is 38.1 Å². The summed E-state index contributed by atoms with van der Waals surface area (Å²) < 4.78 is 12.8. The van der Waals surface area contributed by atoms with E-state index in [0.29, 0.717) is 41.4 Å². The summed E-state index contributed by atoms with van der Waals surface area (Å²) in [5, 5.41) is 7.29. The smallest absolute Gasteiger partial charge is 0.237 e. The number of ketones is 1. The van der Waals surface area contributed by atoms with Crippen LogP contribution in [0.25, 0.3) is 5.65 Å². The van der Waals surface area contributed by atoms with E-state index in [9.17, 15) is 9.59 Å². The second-order valence-electron chi connectivity index (χ2n) is 9.05. The lowest BCUT2D eigenvalue weighted by atomic mass is 9.85. The minimum Gasteiger partial charge on any atom is -0.438 e. The average Bonchev–Trinajstić information content (AvgIpc) is 3.49. The van der Waals surface area contributed by atoms with Crippen LogP contribution in [0.2, 0.25) is 0 Å². The molecule has 2 aliphatic rings. The normalized spacial score (nSPS) is 15.6. The van der Waals surface area contributed by atoms with Gasteiger partial charge in [-0.2, -0.15) is 0 Å². The van der Waals surface area contributed by atoms with Crippen molar-refractivity contribution in [2.45, 2.75) is 40.0 Å². The fraction of sp³-hybridized carbons (Fsp3) is 0.429. The van der Waals surface area contributed by atoms with Crippen molar-refractivity contribution in [3.05, 3.63) is 61.3 Å². The molecule has 9 heteroatoms. The van der Waals surface area contributed by atoms with Crippen LogP contribution in [-0.2, 0) is 20.7 Å². The number of anilines is 1. The standard InChI is InChI=1S/C24H27N5O4.C2H6.C2H4/c1-17(30)11-18-3-2-4-19(12-18)33-23-6-5-21-25-20(13-29(21)27-23)26-22(31)7-9-28-10-8-24(14-28)15-32-16-24;2*1-2/h2-6,12-13H,7-11,14-16H2,1H3,(H,26,31);1-2H3;1-2H2. The molecule has 1 N–H and O–H groups in total. The first kappa shape index (κ1) is 28.0. The van der Waals surface area contributed by atoms with Crippen molar-refractivity contribution in [2.75, 3.05) is 38.2 Å². The summed E-state index contributed by atoms with van der Waals surface area (Å²) in [6, 6.07) is 10.9. The van der Waals surface area contributed by atoms with Gasteiger partial charge in [0.1, 0.15) is 11.5 Å². The lowest BCUT2D eigenvalue weighted by Crippen LogP contribution is -2.44. The number of imidazole rings is 1. The summed E-state index contributed by atoms with van der Waals surface area (Å²) in [7, 11) is 0. The Balaban J connectivity index is 0.000000907. The number of hydrogen-bond acceptors (Lipinski definition) is 7. The zero-order chi connectivity index (χ0) is 26.8. The van der Waals surface area contributed by atoms with E-state index >= 15 is 0 Å². The number of carbonyl (C=O) groups is 2. The summed E-state index contributed by atoms with van der Waals surface area (Å²) in [6.07, 6.45) is 3.60. The Morgan fingerprint density at radius 3 is 2.65 bits per heavy atom. The zero-order valence-corrected chi connectivity index (χ0v) is 22.0. The van der Waals surface area contributed by atoms with Crippen molar-refractivity contribution in [1.82, 2.24) is 19.5 Å². The Bertz CT molecular complexity index is 1200. The molecule has 5 rings (SSSR count). The molecular weight excluding hydrogens is 470 g/mol. The molecule has 0 saturated carbocycles. The van der Waals surface area contributed by atoms with Gasteiger partial charge in [-0.3, -0.25) is 9.59 Å². The topological polar surface area (TPSA) is 98.1 Å². The molecule has 1 amide bonds. The quantitative estimate of drug-likeness (QED) is 0.447. The van der Waals surface area contributed by atoms with Crippen molar-refractivity contribution in [1.29, 1.82) is 0 Å². The van der Waals surface area contributed by atoms with Crippen LogP contribution < -0.4 is 10.1 Å². The number of carbonyl (C=O) groups excluding carboxylic acids is 2. The Morgan fingerprint density at radius 1 is 1.19 bits per heavy atom. The first-order valence-electron chi connectivity index (χ1n) is 12.7. The molecule has 0 radical (unpaired) electrons. The maximum Gasteiger partial charge on any atom is 0.237 e. The molecule has 0 unspecified atom stereocenters. The third kappa shape index (κ3) is 7.47. The maximum atomic E-state index is 12.4. The van der Waals surface area contributed by atoms with Gasteiger partial charge in [0.05, 0.1) is 19.4 Å². The lowest BCUT2D eigenvalue weighted by Gasteiger charge is -2.37. The summed E-state index contributed by atoms with van der Waals surface area (Å²) in [4.78, 5) is 30.5. The monoisotopic (exact) mass is 507 g/mol. The van der Waals surface area contributed by atoms with Crippen molar-refractivity contribution in [3.8, 4) is 11.6 Å². The fourth-order valence-corrected chi connectivity index (χ4v) is 4.42. The number of nitrogens with one attached hydrogen (secondary N) is 1. The highest BCUT2D eigenvalue weighted by atomic mass is 16.5. The number of fused-ring (bicyclic) bond motifs is 1. The molecule has 2 saturated heterocycles. The maximum absolute atomic E-state index is 12.4. The number of hydrogen-bond donors (Lipinski definition) is 1. The minimum absolute atomic E-state index is 0.0667. The van der Waals surface area contributed by atoms with Crippen molar-refractivity contribution < 1.29 is 19.1 Å². The molecule has 0 aliphatic carbocycles. The van der Waals surface area contributed by atoms with Crippen LogP contribution in [0.15, 0.2) is 55.8 Å². The molecule has 198 valence electrons. The van der Waals surface area contributed by atoms with E-state index in [1.54, 1.807) is 29.8 Å². The third-order valence-electron chi connectivity index (χ3n) is 6.13. The van der Waals surface area contributed by atoms with Gasteiger partial charge in [-0.25, -0.2) is 9.50 Å². The largest absolute Gasteiger partial charge is 0.438 e. The van der Waals surface area contributed by atoms with Crippen LogP contribution >= 0.6 is 0 Å². The molecule has 2 fully saturated rings. The highest BCUT2D eigenvalue weighted by molar-refractivity contribution is 5.90. The molecule has 0 bridgehead atoms. The molecule has 4 heterocycles. The Labute approximate surface area is 218 Å². The second kappa shape index (κ2) is 13.1. The van der Waals surface area contributed by atoms with E-state index in [4.69, 9.17) is 9.47 Å². The molecular formula is C28H37N5O4. The second-order valence-corrected chi connectivity index (χ2v) is 9.05. The Kier molecular flexibility index (Phi) is 9.93. The van der Waals surface area contributed by atoms with Crippen LogP contribution in [-0.4, -0.2) is 64.0 Å². The molecule has 0 atom stereocenters. The van der Waals surface area contributed by atoms with Gasteiger partial charge in [-0.1, -0.05) is 26.0 Å². The first-order valence-corrected chi connectivity index (χ1v) is 12.7. The van der Waals surface area contributed by atoms with Gasteiger partial charge in [-0.15, -0.1) is 18.3 Å². The number of likely N-dealkylation sites (tertiary alicyclic amines) is 1. The van der Waals surface area contributed by atoms with Crippen LogP contribution in [0.3, 0.4) is 0 Å². The predicted octanol–water partition coefficient (Wildman–Crippen LogP) is 4.53. The summed E-state index contributed by atoms with van der Waals surface area (Å²) in [5.41, 5.74) is 1.83. The first-order chi connectivity index (χ1) is 18.0. The van der Waals surface area contributed by atoms with Crippen molar-refractivity contribution in [3.63, 3.8) is 0 Å². The van der Waals surface area contributed by atoms with E-state index in [1.165, 1.54) is 0 Å². The Hall–Kier alpha value is -3.56. The third-order valence-corrected chi connectivity index (χ3v) is 6.13. The highest BCUT2D eigenvalue weighted by Crippen LogP contribution is 2.37. The van der Waals surface area contributed by atoms with E-state index < -0.39 is 0 Å². The number of rotatable bonds is 8. The summed E-state index contributed by atoms with van der Waals surface area (Å²) in [6.45, 7) is 16.0. The molecule has 1 aromatic carbocycles. The average molecular weight is 508 g/mol. The van der Waals surface area contributed by atoms with Gasteiger partial charge in [0.2, 0.25) is 11.8 Å². The fourth-order valence-electron chi connectivity index (χ4n) is 4.42. The van der Waals surface area contributed by atoms with Gasteiger partial charge in [-0.05, 0) is 43.7 Å². The van der Waals surface area contributed by atoms with Crippen LogP contribution in [0.1, 0.15) is 39.2 Å². The van der Waals surface area contributed by atoms with Gasteiger partial charge < -0.3 is 19.7 Å². The zero-order valence-electron chi connectivity index (χ0n) is 22.0. The van der Waals surface area contributed by atoms with Gasteiger partial charge >= 0.3 is 0 Å². The SMILES string of the molecule is C=C.CC.CC(=O)Cc1cccc(Oc2ccc3nc(NC(=O)CCN4CCC5(COC5)C4)cn3n2)c1. The van der Waals surface area contributed by atoms with Crippen LogP contribution in [0.4, 0.5) is 5.82 Å². The summed E-state index contributed by atoms with van der Waals surface area (Å²) in [5.74, 6) is 1.48. The van der Waals surface area contributed by atoms with Gasteiger partial charge in [0.15, 0.2) is 11.5 Å². The molecule has 37 heavy (non-hydrogen) atoms. The molecule has 2 aromatic heterocycles. The van der Waals surface area contributed by atoms with E-state index in [2.05, 4.69) is 33.5 Å². The number of ether oxygens (including phenoxy) is 2. The predicted molar refractivity (Wildman–Crippen MR) is 144 cm³/mol. The number of Topliss-reactive ketones (excluding diaryl/α,β-unsaturated/α-hetero) is 1. The van der Waals surface area contributed by atoms with E-state index in [-0.39, 0.29) is 11.7 Å². The molecule has 3 aromatic rings. The van der Waals surface area contributed by atoms with E-state index in [0.717, 1.165) is 44.8 Å². The van der Waals surface area contributed by atoms with Crippen molar-refractivity contribution >= 4 is 23.2 Å². The summed E-state index contributed by atoms with van der Waals surface area (Å²) >= 11 is 0. The minimum atomic E-state index is -0.0667. The molecule has 1 spiro atoms. The van der Waals surface area contributed by atoms with Crippen LogP contribution in [0.5, 0.6) is 11.6 Å². The number of amides is 1. The number of aromatic nitrogens is 3. The Morgan fingerprint density at radius 2 is 1.97 bits per heavy atom. The van der Waals surface area contributed by atoms with Gasteiger partial charge in [0.25, 0.3) is 0 Å². The van der Waals surface area contributed by atoms with Crippen LogP contribution in [0, 0.1) is 5.41 Å². The van der Waals surface area contributed by atoms with Crippen molar-refractivity contribution in [2.24, 2.45) is 5.41 Å². The van der Waals surface area contributed by atoms with Gasteiger partial charge in [0, 0.05) is 37.4 Å². The number of benzene rings is 1. The lowest BCUT2D eigenvalue weighted by molar-refractivity contribution is -0.117. The highest BCUT2D eigenvalue weighted by Gasteiger charge is 2.44. The molecule has 9 nitrogen and oxygen atoms in total. The number of nitrogens with zero attached hydrogens (tertiary/aromatic N) is 4. The molecule has 2 aliphatic heterocycles.